The Bertz CT molecular complexity index is 186. The van der Waals surface area contributed by atoms with E-state index in [1.165, 1.54) is 12.8 Å². The molecule has 1 rings (SSSR count). The van der Waals surface area contributed by atoms with Crippen molar-refractivity contribution in [2.45, 2.75) is 32.1 Å². The van der Waals surface area contributed by atoms with Gasteiger partial charge in [-0.3, -0.25) is 4.79 Å². The van der Waals surface area contributed by atoms with Gasteiger partial charge in [-0.15, -0.1) is 0 Å². The summed E-state index contributed by atoms with van der Waals surface area (Å²) in [5.74, 6) is -0.272. The molecule has 0 radical (unpaired) electrons. The molecule has 0 aromatic rings. The Morgan fingerprint density at radius 1 is 1.43 bits per heavy atom. The minimum absolute atomic E-state index is 0.111. The van der Waals surface area contributed by atoms with Crippen LogP contribution in [0.15, 0.2) is 0 Å². The van der Waals surface area contributed by atoms with Gasteiger partial charge in [0.15, 0.2) is 0 Å². The van der Waals surface area contributed by atoms with Crippen LogP contribution in [-0.4, -0.2) is 36.6 Å². The standard InChI is InChI=1S/C11H21NO2/c1-12(2)8-7-10(11(13)14)9-5-3-4-6-9/h9-10H,3-8H2,1-2H3,(H,13,14). The van der Waals surface area contributed by atoms with Gasteiger partial charge in [0.1, 0.15) is 0 Å². The van der Waals surface area contributed by atoms with Crippen LogP contribution in [0.3, 0.4) is 0 Å². The average molecular weight is 199 g/mol. The van der Waals surface area contributed by atoms with E-state index in [4.69, 9.17) is 5.11 Å². The molecule has 82 valence electrons. The Labute approximate surface area is 86.1 Å². The van der Waals surface area contributed by atoms with Crippen LogP contribution in [0.25, 0.3) is 0 Å². The highest BCUT2D eigenvalue weighted by molar-refractivity contribution is 5.70. The monoisotopic (exact) mass is 199 g/mol. The third-order valence-electron chi connectivity index (χ3n) is 3.17. The number of aliphatic carboxylic acids is 1. The molecule has 0 spiro atoms. The summed E-state index contributed by atoms with van der Waals surface area (Å²) in [6.07, 6.45) is 5.47. The van der Waals surface area contributed by atoms with Crippen molar-refractivity contribution in [3.05, 3.63) is 0 Å². The maximum absolute atomic E-state index is 11.1. The van der Waals surface area contributed by atoms with Crippen molar-refractivity contribution in [2.24, 2.45) is 11.8 Å². The highest BCUT2D eigenvalue weighted by Crippen LogP contribution is 2.33. The van der Waals surface area contributed by atoms with E-state index in [0.717, 1.165) is 25.8 Å². The maximum Gasteiger partial charge on any atom is 0.306 e. The van der Waals surface area contributed by atoms with Crippen LogP contribution in [0, 0.1) is 11.8 Å². The fourth-order valence-electron chi connectivity index (χ4n) is 2.32. The smallest absolute Gasteiger partial charge is 0.306 e. The van der Waals surface area contributed by atoms with E-state index in [-0.39, 0.29) is 5.92 Å². The summed E-state index contributed by atoms with van der Waals surface area (Å²) >= 11 is 0. The molecule has 0 aliphatic heterocycles. The zero-order valence-corrected chi connectivity index (χ0v) is 9.20. The Hall–Kier alpha value is -0.570. The molecule has 14 heavy (non-hydrogen) atoms. The van der Waals surface area contributed by atoms with Crippen molar-refractivity contribution in [1.29, 1.82) is 0 Å². The number of hydrogen-bond donors (Lipinski definition) is 1. The van der Waals surface area contributed by atoms with Crippen LogP contribution in [0.4, 0.5) is 0 Å². The lowest BCUT2D eigenvalue weighted by Crippen LogP contribution is -2.26. The van der Waals surface area contributed by atoms with Gasteiger partial charge in [-0.25, -0.2) is 0 Å². The largest absolute Gasteiger partial charge is 0.481 e. The van der Waals surface area contributed by atoms with Crippen molar-refractivity contribution < 1.29 is 9.90 Å². The van der Waals surface area contributed by atoms with Gasteiger partial charge in [0.05, 0.1) is 5.92 Å². The van der Waals surface area contributed by atoms with Crippen molar-refractivity contribution in [2.75, 3.05) is 20.6 Å². The van der Waals surface area contributed by atoms with Gasteiger partial charge in [-0.05, 0) is 45.8 Å². The van der Waals surface area contributed by atoms with Crippen molar-refractivity contribution in [3.8, 4) is 0 Å². The second-order valence-electron chi connectivity index (χ2n) is 4.58. The quantitative estimate of drug-likeness (QED) is 0.734. The Kier molecular flexibility index (Phi) is 4.39. The van der Waals surface area contributed by atoms with Crippen molar-refractivity contribution >= 4 is 5.97 Å². The third kappa shape index (κ3) is 3.29. The maximum atomic E-state index is 11.1. The van der Waals surface area contributed by atoms with Gasteiger partial charge < -0.3 is 10.0 Å². The predicted octanol–water partition coefficient (Wildman–Crippen LogP) is 1.83. The van der Waals surface area contributed by atoms with Crippen LogP contribution < -0.4 is 0 Å². The summed E-state index contributed by atoms with van der Waals surface area (Å²) in [7, 11) is 3.99. The molecule has 0 bridgehead atoms. The fraction of sp³-hybridized carbons (Fsp3) is 0.909. The van der Waals surface area contributed by atoms with E-state index < -0.39 is 5.97 Å². The zero-order chi connectivity index (χ0) is 10.6. The molecule has 1 aliphatic rings. The Morgan fingerprint density at radius 3 is 2.43 bits per heavy atom. The minimum atomic E-state index is -0.598. The number of nitrogens with zero attached hydrogens (tertiary/aromatic N) is 1. The lowest BCUT2D eigenvalue weighted by molar-refractivity contribution is -0.144. The molecule has 1 unspecified atom stereocenters. The van der Waals surface area contributed by atoms with Crippen LogP contribution in [-0.2, 0) is 4.79 Å². The molecule has 1 atom stereocenters. The van der Waals surface area contributed by atoms with E-state index in [9.17, 15) is 4.79 Å². The van der Waals surface area contributed by atoms with Gasteiger partial charge in [-0.1, -0.05) is 12.8 Å². The molecular weight excluding hydrogens is 178 g/mol. The summed E-state index contributed by atoms with van der Waals surface area (Å²) < 4.78 is 0. The molecular formula is C11H21NO2. The van der Waals surface area contributed by atoms with Gasteiger partial charge >= 0.3 is 5.97 Å². The second kappa shape index (κ2) is 5.35. The number of carbonyl (C=O) groups is 1. The third-order valence-corrected chi connectivity index (χ3v) is 3.17. The number of rotatable bonds is 5. The highest BCUT2D eigenvalue weighted by atomic mass is 16.4. The van der Waals surface area contributed by atoms with E-state index >= 15 is 0 Å². The topological polar surface area (TPSA) is 40.5 Å². The SMILES string of the molecule is CN(C)CCC(C(=O)O)C1CCCC1. The molecule has 1 N–H and O–H groups in total. The van der Waals surface area contributed by atoms with Crippen LogP contribution in [0.2, 0.25) is 0 Å². The van der Waals surface area contributed by atoms with Crippen LogP contribution in [0.1, 0.15) is 32.1 Å². The summed E-state index contributed by atoms with van der Waals surface area (Å²) in [6.45, 7) is 0.882. The Balaban J connectivity index is 2.42. The first kappa shape index (κ1) is 11.5. The van der Waals surface area contributed by atoms with Gasteiger partial charge in [-0.2, -0.15) is 0 Å². The first-order chi connectivity index (χ1) is 6.61. The molecule has 3 nitrogen and oxygen atoms in total. The molecule has 3 heteroatoms. The molecule has 0 aromatic heterocycles. The van der Waals surface area contributed by atoms with Gasteiger partial charge in [0.25, 0.3) is 0 Å². The van der Waals surface area contributed by atoms with Gasteiger partial charge in [0, 0.05) is 0 Å². The minimum Gasteiger partial charge on any atom is -0.481 e. The molecule has 1 saturated carbocycles. The van der Waals surface area contributed by atoms with E-state index in [0.29, 0.717) is 5.92 Å². The van der Waals surface area contributed by atoms with Crippen LogP contribution in [0.5, 0.6) is 0 Å². The summed E-state index contributed by atoms with van der Waals surface area (Å²) in [5.41, 5.74) is 0. The zero-order valence-electron chi connectivity index (χ0n) is 9.20. The van der Waals surface area contributed by atoms with Crippen molar-refractivity contribution in [3.63, 3.8) is 0 Å². The summed E-state index contributed by atoms with van der Waals surface area (Å²) in [4.78, 5) is 13.1. The molecule has 0 heterocycles. The number of hydrogen-bond acceptors (Lipinski definition) is 2. The van der Waals surface area contributed by atoms with Crippen molar-refractivity contribution in [1.82, 2.24) is 4.90 Å². The van der Waals surface area contributed by atoms with Gasteiger partial charge in [0.2, 0.25) is 0 Å². The normalized spacial score (nSPS) is 20.2. The van der Waals surface area contributed by atoms with E-state index in [1.54, 1.807) is 0 Å². The predicted molar refractivity (Wildman–Crippen MR) is 56.3 cm³/mol. The van der Waals surface area contributed by atoms with E-state index in [2.05, 4.69) is 4.90 Å². The summed E-state index contributed by atoms with van der Waals surface area (Å²) in [6, 6.07) is 0. The number of carboxylic acid groups (broad SMARTS) is 1. The second-order valence-corrected chi connectivity index (χ2v) is 4.58. The molecule has 1 aliphatic carbocycles. The lowest BCUT2D eigenvalue weighted by atomic mass is 9.88. The molecule has 1 fully saturated rings. The lowest BCUT2D eigenvalue weighted by Gasteiger charge is -2.20. The van der Waals surface area contributed by atoms with E-state index in [1.807, 2.05) is 14.1 Å². The number of carboxylic acids is 1. The Morgan fingerprint density at radius 2 is 2.00 bits per heavy atom. The first-order valence-corrected chi connectivity index (χ1v) is 5.49. The summed E-state index contributed by atoms with van der Waals surface area (Å²) in [5, 5.41) is 9.13. The van der Waals surface area contributed by atoms with Crippen LogP contribution >= 0.6 is 0 Å². The highest BCUT2D eigenvalue weighted by Gasteiger charge is 2.29. The average Bonchev–Trinajstić information content (AvgIpc) is 2.56. The molecule has 0 aromatic carbocycles. The molecule has 0 saturated heterocycles. The fourth-order valence-corrected chi connectivity index (χ4v) is 2.32. The first-order valence-electron chi connectivity index (χ1n) is 5.49. The molecule has 0 amide bonds.